The molecule has 1 saturated heterocycles. The molecule has 0 aliphatic carbocycles. The second-order valence-electron chi connectivity index (χ2n) is 5.94. The Morgan fingerprint density at radius 2 is 2.08 bits per heavy atom. The molecule has 0 N–H and O–H groups in total. The minimum absolute atomic E-state index is 0.0972. The van der Waals surface area contributed by atoms with Crippen molar-refractivity contribution in [3.63, 3.8) is 0 Å². The van der Waals surface area contributed by atoms with E-state index in [1.165, 1.54) is 4.31 Å². The molecule has 8 nitrogen and oxygen atoms in total. The molecule has 0 spiro atoms. The SMILES string of the molecule is O=S(=O)(c1cccc2nonc12)N1c2ccncc2N2CCC1C2. The summed E-state index contributed by atoms with van der Waals surface area (Å²) in [6.45, 7) is 1.50. The first-order chi connectivity index (χ1) is 11.7. The fourth-order valence-corrected chi connectivity index (χ4v) is 5.41. The third kappa shape index (κ3) is 1.72. The van der Waals surface area contributed by atoms with Crippen LogP contribution in [0.4, 0.5) is 11.4 Å². The van der Waals surface area contributed by atoms with E-state index in [4.69, 9.17) is 4.63 Å². The van der Waals surface area contributed by atoms with E-state index in [9.17, 15) is 8.42 Å². The first-order valence-electron chi connectivity index (χ1n) is 7.61. The number of hydrogen-bond donors (Lipinski definition) is 0. The maximum Gasteiger partial charge on any atom is 0.267 e. The van der Waals surface area contributed by atoms with Gasteiger partial charge in [0, 0.05) is 19.3 Å². The number of pyridine rings is 1. The molecule has 2 bridgehead atoms. The first-order valence-corrected chi connectivity index (χ1v) is 9.05. The molecule has 3 aromatic rings. The van der Waals surface area contributed by atoms with Gasteiger partial charge in [-0.3, -0.25) is 9.29 Å². The Labute approximate surface area is 137 Å². The summed E-state index contributed by atoms with van der Waals surface area (Å²) in [4.78, 5) is 6.44. The van der Waals surface area contributed by atoms with E-state index in [0.29, 0.717) is 17.7 Å². The predicted molar refractivity (Wildman–Crippen MR) is 86.3 cm³/mol. The summed E-state index contributed by atoms with van der Waals surface area (Å²) >= 11 is 0. The van der Waals surface area contributed by atoms with Gasteiger partial charge >= 0.3 is 0 Å². The molecule has 5 rings (SSSR count). The zero-order valence-electron chi connectivity index (χ0n) is 12.5. The van der Waals surface area contributed by atoms with Gasteiger partial charge in [0.15, 0.2) is 5.52 Å². The number of fused-ring (bicyclic) bond motifs is 5. The van der Waals surface area contributed by atoms with Gasteiger partial charge in [0.05, 0.1) is 23.6 Å². The monoisotopic (exact) mass is 343 g/mol. The summed E-state index contributed by atoms with van der Waals surface area (Å²) in [6.07, 6.45) is 4.12. The van der Waals surface area contributed by atoms with Gasteiger partial charge in [0.1, 0.15) is 10.4 Å². The molecule has 1 fully saturated rings. The first kappa shape index (κ1) is 13.7. The Kier molecular flexibility index (Phi) is 2.67. The molecule has 0 radical (unpaired) electrons. The summed E-state index contributed by atoms with van der Waals surface area (Å²) in [5, 5.41) is 7.52. The lowest BCUT2D eigenvalue weighted by Crippen LogP contribution is -2.45. The molecular formula is C15H13N5O3S. The summed E-state index contributed by atoms with van der Waals surface area (Å²) in [6, 6.07) is 6.52. The Hall–Kier alpha value is -2.68. The van der Waals surface area contributed by atoms with Crippen molar-refractivity contribution in [1.82, 2.24) is 15.3 Å². The lowest BCUT2D eigenvalue weighted by molar-refractivity contribution is 0.315. The van der Waals surface area contributed by atoms with Crippen LogP contribution in [0, 0.1) is 0 Å². The van der Waals surface area contributed by atoms with E-state index in [2.05, 4.69) is 20.2 Å². The summed E-state index contributed by atoms with van der Waals surface area (Å²) in [5.41, 5.74) is 2.19. The van der Waals surface area contributed by atoms with Crippen LogP contribution in [0.15, 0.2) is 46.2 Å². The van der Waals surface area contributed by atoms with Crippen molar-refractivity contribution in [2.24, 2.45) is 0 Å². The minimum Gasteiger partial charge on any atom is -0.366 e. The number of anilines is 2. The van der Waals surface area contributed by atoms with Crippen molar-refractivity contribution in [2.75, 3.05) is 22.3 Å². The van der Waals surface area contributed by atoms with Crippen LogP contribution in [0.1, 0.15) is 6.42 Å². The Bertz CT molecular complexity index is 1050. The molecule has 4 heterocycles. The van der Waals surface area contributed by atoms with E-state index in [-0.39, 0.29) is 16.5 Å². The third-order valence-corrected chi connectivity index (χ3v) is 6.53. The highest BCUT2D eigenvalue weighted by molar-refractivity contribution is 7.93. The highest BCUT2D eigenvalue weighted by Gasteiger charge is 2.43. The van der Waals surface area contributed by atoms with Crippen LogP contribution in [-0.2, 0) is 10.0 Å². The largest absolute Gasteiger partial charge is 0.366 e. The van der Waals surface area contributed by atoms with Crippen LogP contribution in [0.3, 0.4) is 0 Å². The highest BCUT2D eigenvalue weighted by atomic mass is 32.2. The molecule has 9 heteroatoms. The fourth-order valence-electron chi connectivity index (χ4n) is 3.58. The van der Waals surface area contributed by atoms with Crippen LogP contribution in [0.5, 0.6) is 0 Å². The molecule has 24 heavy (non-hydrogen) atoms. The van der Waals surface area contributed by atoms with E-state index in [1.807, 2.05) is 0 Å². The molecule has 2 aliphatic rings. The predicted octanol–water partition coefficient (Wildman–Crippen LogP) is 1.41. The molecule has 2 aliphatic heterocycles. The quantitative estimate of drug-likeness (QED) is 0.694. The van der Waals surface area contributed by atoms with Gasteiger partial charge in [-0.2, -0.15) is 0 Å². The average molecular weight is 343 g/mol. The van der Waals surface area contributed by atoms with Crippen LogP contribution in [0.25, 0.3) is 11.0 Å². The Balaban J connectivity index is 1.75. The lowest BCUT2D eigenvalue weighted by Gasteiger charge is -2.36. The maximum absolute atomic E-state index is 13.4. The third-order valence-electron chi connectivity index (χ3n) is 4.64. The molecule has 0 saturated carbocycles. The zero-order chi connectivity index (χ0) is 16.3. The number of benzene rings is 1. The number of rotatable bonds is 2. The number of nitrogens with zero attached hydrogens (tertiary/aromatic N) is 5. The lowest BCUT2D eigenvalue weighted by atomic mass is 10.2. The second-order valence-corrected chi connectivity index (χ2v) is 7.73. The van der Waals surface area contributed by atoms with Crippen molar-refractivity contribution in [3.05, 3.63) is 36.7 Å². The van der Waals surface area contributed by atoms with Crippen LogP contribution in [-0.4, -0.2) is 42.8 Å². The number of aromatic nitrogens is 3. The zero-order valence-corrected chi connectivity index (χ0v) is 13.3. The second kappa shape index (κ2) is 4.67. The van der Waals surface area contributed by atoms with E-state index >= 15 is 0 Å². The van der Waals surface area contributed by atoms with Gasteiger partial charge in [-0.1, -0.05) is 6.07 Å². The normalized spacial score (nSPS) is 19.8. The average Bonchev–Trinajstić information content (AvgIpc) is 3.22. The van der Waals surface area contributed by atoms with Crippen molar-refractivity contribution in [2.45, 2.75) is 17.4 Å². The van der Waals surface area contributed by atoms with Crippen molar-refractivity contribution >= 4 is 32.4 Å². The Morgan fingerprint density at radius 1 is 1.17 bits per heavy atom. The molecule has 0 amide bonds. The minimum atomic E-state index is -3.79. The van der Waals surface area contributed by atoms with E-state index < -0.39 is 10.0 Å². The topological polar surface area (TPSA) is 92.4 Å². The van der Waals surface area contributed by atoms with Crippen molar-refractivity contribution in [1.29, 1.82) is 0 Å². The van der Waals surface area contributed by atoms with Gasteiger partial charge < -0.3 is 4.90 Å². The Morgan fingerprint density at radius 3 is 3.00 bits per heavy atom. The van der Waals surface area contributed by atoms with E-state index in [0.717, 1.165) is 18.7 Å². The number of sulfonamides is 1. The van der Waals surface area contributed by atoms with Gasteiger partial charge in [0.25, 0.3) is 10.0 Å². The summed E-state index contributed by atoms with van der Waals surface area (Å²) < 4.78 is 33.1. The van der Waals surface area contributed by atoms with Gasteiger partial charge in [-0.05, 0) is 34.9 Å². The molecular weight excluding hydrogens is 330 g/mol. The van der Waals surface area contributed by atoms with Crippen LogP contribution in [0.2, 0.25) is 0 Å². The standard InChI is InChI=1S/C15H13N5O3S/c21-24(22,14-3-1-2-11-15(14)18-23-17-11)20-10-5-7-19(9-10)13-8-16-6-4-12(13)20/h1-4,6,8,10H,5,7,9H2. The van der Waals surface area contributed by atoms with Crippen LogP contribution < -0.4 is 9.21 Å². The van der Waals surface area contributed by atoms with Gasteiger partial charge in [-0.25, -0.2) is 13.0 Å². The molecule has 1 aromatic carbocycles. The summed E-state index contributed by atoms with van der Waals surface area (Å²) in [7, 11) is -3.79. The smallest absolute Gasteiger partial charge is 0.267 e. The van der Waals surface area contributed by atoms with Crippen molar-refractivity contribution < 1.29 is 13.0 Å². The van der Waals surface area contributed by atoms with Crippen molar-refractivity contribution in [3.8, 4) is 0 Å². The van der Waals surface area contributed by atoms with E-state index in [1.54, 1.807) is 36.7 Å². The molecule has 1 unspecified atom stereocenters. The maximum atomic E-state index is 13.4. The highest BCUT2D eigenvalue weighted by Crippen LogP contribution is 2.42. The van der Waals surface area contributed by atoms with Gasteiger partial charge in [-0.15, -0.1) is 0 Å². The molecule has 1 atom stereocenters. The van der Waals surface area contributed by atoms with Crippen LogP contribution >= 0.6 is 0 Å². The number of hydrogen-bond acceptors (Lipinski definition) is 7. The van der Waals surface area contributed by atoms with Gasteiger partial charge in [0.2, 0.25) is 0 Å². The fraction of sp³-hybridized carbons (Fsp3) is 0.267. The molecule has 2 aromatic heterocycles. The summed E-state index contributed by atoms with van der Waals surface area (Å²) in [5.74, 6) is 0. The molecule has 122 valence electrons.